The zero-order valence-corrected chi connectivity index (χ0v) is 15.4. The number of carbonyl (C=O) groups is 2. The maximum Gasteiger partial charge on any atom is 0.307 e. The molecule has 1 aliphatic carbocycles. The molecule has 0 bridgehead atoms. The van der Waals surface area contributed by atoms with Crippen LogP contribution >= 0.6 is 11.6 Å². The summed E-state index contributed by atoms with van der Waals surface area (Å²) in [4.78, 5) is 26.2. The monoisotopic (exact) mass is 369 g/mol. The fourth-order valence-electron chi connectivity index (χ4n) is 3.36. The summed E-state index contributed by atoms with van der Waals surface area (Å²) in [6, 6.07) is 4.21. The van der Waals surface area contributed by atoms with Gasteiger partial charge in [-0.1, -0.05) is 49.8 Å². The predicted molar refractivity (Wildman–Crippen MR) is 95.2 cm³/mol. The molecule has 25 heavy (non-hydrogen) atoms. The van der Waals surface area contributed by atoms with Crippen LogP contribution in [0.1, 0.15) is 61.7 Å². The zero-order valence-electron chi connectivity index (χ0n) is 14.6. The number of nitrogens with zero attached hydrogens (tertiary/aromatic N) is 1. The smallest absolute Gasteiger partial charge is 0.307 e. The first-order valence-electron chi connectivity index (χ1n) is 8.86. The molecule has 138 valence electrons. The van der Waals surface area contributed by atoms with E-state index in [-0.39, 0.29) is 35.6 Å². The number of hydrogen-bond donors (Lipinski definition) is 0. The van der Waals surface area contributed by atoms with Gasteiger partial charge in [0, 0.05) is 12.6 Å². The van der Waals surface area contributed by atoms with Crippen molar-refractivity contribution in [1.29, 1.82) is 0 Å². The van der Waals surface area contributed by atoms with Gasteiger partial charge < -0.3 is 9.64 Å². The maximum absolute atomic E-state index is 14.2. The van der Waals surface area contributed by atoms with Gasteiger partial charge in [-0.15, -0.1) is 0 Å². The highest BCUT2D eigenvalue weighted by atomic mass is 35.5. The van der Waals surface area contributed by atoms with Crippen LogP contribution in [0.5, 0.6) is 0 Å². The van der Waals surface area contributed by atoms with Crippen molar-refractivity contribution in [3.63, 3.8) is 0 Å². The van der Waals surface area contributed by atoms with Gasteiger partial charge >= 0.3 is 5.97 Å². The summed E-state index contributed by atoms with van der Waals surface area (Å²) in [7, 11) is 1.32. The number of amides is 1. The normalized spacial score (nSPS) is 16.0. The molecule has 2 rings (SSSR count). The van der Waals surface area contributed by atoms with Crippen molar-refractivity contribution in [1.82, 2.24) is 4.90 Å². The Morgan fingerprint density at radius 3 is 2.44 bits per heavy atom. The van der Waals surface area contributed by atoms with Crippen molar-refractivity contribution in [3.05, 3.63) is 34.6 Å². The van der Waals surface area contributed by atoms with Crippen molar-refractivity contribution in [2.45, 2.75) is 57.4 Å². The molecule has 4 nitrogen and oxygen atoms in total. The number of rotatable bonds is 5. The minimum Gasteiger partial charge on any atom is -0.469 e. The van der Waals surface area contributed by atoms with Gasteiger partial charge in [-0.25, -0.2) is 4.39 Å². The van der Waals surface area contributed by atoms with Crippen LogP contribution in [0, 0.1) is 5.82 Å². The predicted octanol–water partition coefficient (Wildman–Crippen LogP) is 4.60. The highest BCUT2D eigenvalue weighted by Gasteiger charge is 2.28. The lowest BCUT2D eigenvalue weighted by Crippen LogP contribution is -2.42. The number of ether oxygens (including phenoxy) is 1. The SMILES string of the molecule is COC(=O)CCN(C(=O)c1c(F)cccc1Cl)C1CCCCCCC1. The second-order valence-corrected chi connectivity index (χ2v) is 6.83. The van der Waals surface area contributed by atoms with Crippen molar-refractivity contribution in [3.8, 4) is 0 Å². The van der Waals surface area contributed by atoms with E-state index in [2.05, 4.69) is 4.74 Å². The minimum atomic E-state index is -0.633. The number of benzene rings is 1. The lowest BCUT2D eigenvalue weighted by atomic mass is 9.95. The molecule has 6 heteroatoms. The lowest BCUT2D eigenvalue weighted by Gasteiger charge is -2.33. The largest absolute Gasteiger partial charge is 0.469 e. The van der Waals surface area contributed by atoms with Gasteiger partial charge in [0.1, 0.15) is 5.82 Å². The van der Waals surface area contributed by atoms with Gasteiger partial charge in [-0.2, -0.15) is 0 Å². The Kier molecular flexibility index (Phi) is 7.69. The van der Waals surface area contributed by atoms with Gasteiger partial charge in [-0.05, 0) is 25.0 Å². The van der Waals surface area contributed by atoms with Crippen molar-refractivity contribution >= 4 is 23.5 Å². The number of hydrogen-bond acceptors (Lipinski definition) is 3. The van der Waals surface area contributed by atoms with Gasteiger partial charge in [0.25, 0.3) is 5.91 Å². The average Bonchev–Trinajstić information content (AvgIpc) is 2.55. The van der Waals surface area contributed by atoms with E-state index in [4.69, 9.17) is 11.6 Å². The van der Waals surface area contributed by atoms with Crippen molar-refractivity contribution in [2.24, 2.45) is 0 Å². The third-order valence-electron chi connectivity index (χ3n) is 4.74. The summed E-state index contributed by atoms with van der Waals surface area (Å²) in [5, 5.41) is 0.0962. The molecule has 0 radical (unpaired) electrons. The van der Waals surface area contributed by atoms with Crippen LogP contribution < -0.4 is 0 Å². The molecule has 0 N–H and O–H groups in total. The maximum atomic E-state index is 14.2. The molecule has 0 aliphatic heterocycles. The molecule has 0 spiro atoms. The van der Waals surface area contributed by atoms with E-state index in [1.807, 2.05) is 0 Å². The Balaban J connectivity index is 2.25. The summed E-state index contributed by atoms with van der Waals surface area (Å²) in [5.74, 6) is -1.47. The van der Waals surface area contributed by atoms with Gasteiger partial charge in [0.05, 0.1) is 24.1 Å². The van der Waals surface area contributed by atoms with Gasteiger partial charge in [0.15, 0.2) is 0 Å². The molecule has 0 saturated heterocycles. The number of carbonyl (C=O) groups excluding carboxylic acids is 2. The molecule has 0 atom stereocenters. The fourth-order valence-corrected chi connectivity index (χ4v) is 3.60. The Morgan fingerprint density at radius 1 is 1.20 bits per heavy atom. The van der Waals surface area contributed by atoms with E-state index in [1.54, 1.807) is 4.90 Å². The summed E-state index contributed by atoms with van der Waals surface area (Å²) in [6.45, 7) is 0.209. The van der Waals surface area contributed by atoms with E-state index < -0.39 is 11.7 Å². The van der Waals surface area contributed by atoms with Crippen LogP contribution in [-0.4, -0.2) is 36.5 Å². The Bertz CT molecular complexity index is 580. The molecular weight excluding hydrogens is 345 g/mol. The van der Waals surface area contributed by atoms with Crippen LogP contribution in [0.3, 0.4) is 0 Å². The molecular formula is C19H25ClFNO3. The van der Waals surface area contributed by atoms with E-state index in [0.717, 1.165) is 38.5 Å². The summed E-state index contributed by atoms with van der Waals surface area (Å²) >= 11 is 6.08. The number of esters is 1. The molecule has 1 amide bonds. The van der Waals surface area contributed by atoms with Gasteiger partial charge in [-0.3, -0.25) is 9.59 Å². The van der Waals surface area contributed by atoms with E-state index in [9.17, 15) is 14.0 Å². The standard InChI is InChI=1S/C19H25ClFNO3/c1-25-17(23)12-13-22(14-8-5-3-2-4-6-9-14)19(24)18-15(20)10-7-11-16(18)21/h7,10-11,14H,2-6,8-9,12-13H2,1H3. The van der Waals surface area contributed by atoms with E-state index >= 15 is 0 Å². The summed E-state index contributed by atoms with van der Waals surface area (Å²) in [5.41, 5.74) is -0.115. The first kappa shape index (κ1) is 19.7. The molecule has 1 aromatic rings. The second-order valence-electron chi connectivity index (χ2n) is 6.42. The summed E-state index contributed by atoms with van der Waals surface area (Å²) in [6.07, 6.45) is 7.34. The first-order chi connectivity index (χ1) is 12.0. The molecule has 0 unspecified atom stereocenters. The molecule has 0 heterocycles. The minimum absolute atomic E-state index is 0.00636. The lowest BCUT2D eigenvalue weighted by molar-refractivity contribution is -0.140. The van der Waals surface area contributed by atoms with Crippen LogP contribution in [-0.2, 0) is 9.53 Å². The van der Waals surface area contributed by atoms with Gasteiger partial charge in [0.2, 0.25) is 0 Å². The zero-order chi connectivity index (χ0) is 18.2. The van der Waals surface area contributed by atoms with Crippen molar-refractivity contribution < 1.29 is 18.7 Å². The fraction of sp³-hybridized carbons (Fsp3) is 0.579. The van der Waals surface area contributed by atoms with E-state index in [1.165, 1.54) is 31.7 Å². The average molecular weight is 370 g/mol. The second kappa shape index (κ2) is 9.76. The highest BCUT2D eigenvalue weighted by Crippen LogP contribution is 2.26. The Labute approximate surface area is 153 Å². The molecule has 1 fully saturated rings. The summed E-state index contributed by atoms with van der Waals surface area (Å²) < 4.78 is 18.9. The van der Waals surface area contributed by atoms with Crippen molar-refractivity contribution in [2.75, 3.05) is 13.7 Å². The molecule has 1 saturated carbocycles. The van der Waals surface area contributed by atoms with E-state index in [0.29, 0.717) is 0 Å². The van der Waals surface area contributed by atoms with Crippen LogP contribution in [0.15, 0.2) is 18.2 Å². The van der Waals surface area contributed by atoms with Crippen LogP contribution in [0.2, 0.25) is 5.02 Å². The molecule has 1 aliphatic rings. The first-order valence-corrected chi connectivity index (χ1v) is 9.24. The van der Waals surface area contributed by atoms with Crippen LogP contribution in [0.25, 0.3) is 0 Å². The third-order valence-corrected chi connectivity index (χ3v) is 5.05. The molecule has 0 aromatic heterocycles. The highest BCUT2D eigenvalue weighted by molar-refractivity contribution is 6.33. The third kappa shape index (κ3) is 5.43. The Morgan fingerprint density at radius 2 is 1.84 bits per heavy atom. The quantitative estimate of drug-likeness (QED) is 0.713. The number of methoxy groups -OCH3 is 1. The topological polar surface area (TPSA) is 46.6 Å². The number of halogens is 2. The molecule has 1 aromatic carbocycles. The van der Waals surface area contributed by atoms with Crippen LogP contribution in [0.4, 0.5) is 4.39 Å². The Hall–Kier alpha value is -1.62.